The molecular weight excluding hydrogens is 336 g/mol. The monoisotopic (exact) mass is 340 g/mol. The van der Waals surface area contributed by atoms with Gasteiger partial charge in [0, 0.05) is 9.13 Å². The molecule has 1 heterocycles. The molecular formula is C9H4F3IN2O. The van der Waals surface area contributed by atoms with Crippen LogP contribution in [0.5, 0.6) is 0 Å². The largest absolute Gasteiger partial charge is 0.471 e. The second kappa shape index (κ2) is 4.04. The highest BCUT2D eigenvalue weighted by atomic mass is 127. The van der Waals surface area contributed by atoms with Gasteiger partial charge in [-0.3, -0.25) is 0 Å². The van der Waals surface area contributed by atoms with Crippen LogP contribution in [0.4, 0.5) is 13.2 Å². The molecule has 1 aromatic carbocycles. The minimum absolute atomic E-state index is 0.0640. The third-order valence-electron chi connectivity index (χ3n) is 1.75. The van der Waals surface area contributed by atoms with E-state index in [2.05, 4.69) is 14.7 Å². The van der Waals surface area contributed by atoms with Crippen LogP contribution in [0.2, 0.25) is 0 Å². The minimum Gasteiger partial charge on any atom is -0.329 e. The molecule has 0 saturated carbocycles. The molecule has 0 aliphatic rings. The van der Waals surface area contributed by atoms with Gasteiger partial charge < -0.3 is 4.52 Å². The zero-order valence-corrected chi connectivity index (χ0v) is 9.78. The lowest BCUT2D eigenvalue weighted by Crippen LogP contribution is -2.04. The predicted octanol–water partition coefficient (Wildman–Crippen LogP) is 3.36. The van der Waals surface area contributed by atoms with Gasteiger partial charge in [0.1, 0.15) is 0 Å². The molecule has 0 aliphatic heterocycles. The van der Waals surface area contributed by atoms with Crippen LogP contribution in [0.3, 0.4) is 0 Å². The normalized spacial score (nSPS) is 11.8. The van der Waals surface area contributed by atoms with E-state index in [1.54, 1.807) is 18.2 Å². The first kappa shape index (κ1) is 11.4. The lowest BCUT2D eigenvalue weighted by atomic mass is 10.2. The summed E-state index contributed by atoms with van der Waals surface area (Å²) in [6.07, 6.45) is -4.60. The van der Waals surface area contributed by atoms with Gasteiger partial charge in [0.25, 0.3) is 0 Å². The summed E-state index contributed by atoms with van der Waals surface area (Å²) in [7, 11) is 0. The molecule has 16 heavy (non-hydrogen) atoms. The highest BCUT2D eigenvalue weighted by Crippen LogP contribution is 2.29. The number of hydrogen-bond donors (Lipinski definition) is 0. The quantitative estimate of drug-likeness (QED) is 0.748. The summed E-state index contributed by atoms with van der Waals surface area (Å²) in [5.41, 5.74) is 0.492. The third kappa shape index (κ3) is 2.34. The molecule has 0 spiro atoms. The Hall–Kier alpha value is -1.12. The van der Waals surface area contributed by atoms with Crippen molar-refractivity contribution in [3.05, 3.63) is 33.7 Å². The lowest BCUT2D eigenvalue weighted by molar-refractivity contribution is -0.159. The third-order valence-corrected chi connectivity index (χ3v) is 2.42. The van der Waals surface area contributed by atoms with E-state index in [-0.39, 0.29) is 5.82 Å². The number of rotatable bonds is 1. The van der Waals surface area contributed by atoms with Crippen molar-refractivity contribution < 1.29 is 17.7 Å². The Bertz CT molecular complexity index is 509. The fraction of sp³-hybridized carbons (Fsp3) is 0.111. The van der Waals surface area contributed by atoms with Crippen molar-refractivity contribution in [2.45, 2.75) is 6.18 Å². The van der Waals surface area contributed by atoms with Gasteiger partial charge in [-0.25, -0.2) is 0 Å². The fourth-order valence-electron chi connectivity index (χ4n) is 1.08. The van der Waals surface area contributed by atoms with Crippen LogP contribution in [-0.4, -0.2) is 10.1 Å². The van der Waals surface area contributed by atoms with Crippen LogP contribution in [-0.2, 0) is 6.18 Å². The van der Waals surface area contributed by atoms with Gasteiger partial charge in [0.05, 0.1) is 0 Å². The van der Waals surface area contributed by atoms with Gasteiger partial charge in [-0.05, 0) is 34.7 Å². The Morgan fingerprint density at radius 3 is 2.56 bits per heavy atom. The van der Waals surface area contributed by atoms with Crippen LogP contribution >= 0.6 is 22.6 Å². The zero-order valence-electron chi connectivity index (χ0n) is 7.62. The number of hydrogen-bond acceptors (Lipinski definition) is 3. The van der Waals surface area contributed by atoms with Crippen molar-refractivity contribution in [3.63, 3.8) is 0 Å². The van der Waals surface area contributed by atoms with Crippen molar-refractivity contribution in [2.24, 2.45) is 0 Å². The van der Waals surface area contributed by atoms with Crippen molar-refractivity contribution in [2.75, 3.05) is 0 Å². The Morgan fingerprint density at radius 2 is 2.00 bits per heavy atom. The Balaban J connectivity index is 2.39. The Kier molecular flexibility index (Phi) is 2.87. The second-order valence-electron chi connectivity index (χ2n) is 2.93. The van der Waals surface area contributed by atoms with Gasteiger partial charge in [-0.15, -0.1) is 0 Å². The van der Waals surface area contributed by atoms with E-state index < -0.39 is 12.1 Å². The lowest BCUT2D eigenvalue weighted by Gasteiger charge is -1.96. The summed E-state index contributed by atoms with van der Waals surface area (Å²) in [5.74, 6) is -1.40. The fourth-order valence-corrected chi connectivity index (χ4v) is 1.63. The summed E-state index contributed by atoms with van der Waals surface area (Å²) in [5, 5.41) is 3.28. The number of alkyl halides is 3. The zero-order chi connectivity index (χ0) is 11.8. The first-order chi connectivity index (χ1) is 7.47. The van der Waals surface area contributed by atoms with Crippen molar-refractivity contribution in [1.82, 2.24) is 10.1 Å². The van der Waals surface area contributed by atoms with Crippen molar-refractivity contribution in [3.8, 4) is 11.4 Å². The molecule has 0 bridgehead atoms. The summed E-state index contributed by atoms with van der Waals surface area (Å²) in [6, 6.07) is 6.81. The topological polar surface area (TPSA) is 38.9 Å². The number of nitrogens with zero attached hydrogens (tertiary/aromatic N) is 2. The number of benzene rings is 1. The second-order valence-corrected chi connectivity index (χ2v) is 4.18. The Morgan fingerprint density at radius 1 is 1.25 bits per heavy atom. The van der Waals surface area contributed by atoms with Crippen LogP contribution in [0, 0.1) is 3.57 Å². The summed E-state index contributed by atoms with van der Waals surface area (Å²) < 4.78 is 41.6. The Labute approximate surface area is 102 Å². The van der Waals surface area contributed by atoms with Crippen molar-refractivity contribution in [1.29, 1.82) is 0 Å². The molecule has 3 nitrogen and oxygen atoms in total. The minimum atomic E-state index is -4.60. The van der Waals surface area contributed by atoms with Crippen LogP contribution in [0.25, 0.3) is 11.4 Å². The highest BCUT2D eigenvalue weighted by Gasteiger charge is 2.38. The number of halogens is 4. The van der Waals surface area contributed by atoms with Gasteiger partial charge in [-0.2, -0.15) is 18.2 Å². The van der Waals surface area contributed by atoms with E-state index in [0.717, 1.165) is 3.57 Å². The summed E-state index contributed by atoms with van der Waals surface area (Å²) >= 11 is 2.05. The standard InChI is InChI=1S/C9H4F3IN2O/c10-9(11,12)8-14-7(15-16-8)5-2-1-3-6(13)4-5/h1-4H. The molecule has 1 aromatic heterocycles. The van der Waals surface area contributed by atoms with E-state index in [9.17, 15) is 13.2 Å². The van der Waals surface area contributed by atoms with Gasteiger partial charge in [0.15, 0.2) is 0 Å². The summed E-state index contributed by atoms with van der Waals surface area (Å²) in [4.78, 5) is 3.29. The first-order valence-corrected chi connectivity index (χ1v) is 5.21. The molecule has 0 amide bonds. The average Bonchev–Trinajstić information content (AvgIpc) is 2.65. The van der Waals surface area contributed by atoms with Gasteiger partial charge >= 0.3 is 12.1 Å². The van der Waals surface area contributed by atoms with Crippen LogP contribution in [0.1, 0.15) is 5.89 Å². The average molecular weight is 340 g/mol. The van der Waals surface area contributed by atoms with E-state index in [1.165, 1.54) is 0 Å². The van der Waals surface area contributed by atoms with E-state index in [4.69, 9.17) is 0 Å². The van der Waals surface area contributed by atoms with E-state index in [1.807, 2.05) is 28.7 Å². The maximum Gasteiger partial charge on any atom is 0.471 e. The van der Waals surface area contributed by atoms with Gasteiger partial charge in [0.2, 0.25) is 5.82 Å². The number of aromatic nitrogens is 2. The highest BCUT2D eigenvalue weighted by molar-refractivity contribution is 14.1. The molecule has 0 atom stereocenters. The molecule has 7 heteroatoms. The molecule has 0 saturated heterocycles. The molecule has 2 aromatic rings. The molecule has 84 valence electrons. The molecule has 0 N–H and O–H groups in total. The summed E-state index contributed by atoms with van der Waals surface area (Å²) in [6.45, 7) is 0. The van der Waals surface area contributed by atoms with E-state index in [0.29, 0.717) is 5.56 Å². The molecule has 0 unspecified atom stereocenters. The molecule has 2 rings (SSSR count). The predicted molar refractivity (Wildman–Crippen MR) is 57.5 cm³/mol. The van der Waals surface area contributed by atoms with Crippen molar-refractivity contribution >= 4 is 22.6 Å². The molecule has 0 aliphatic carbocycles. The maximum atomic E-state index is 12.2. The van der Waals surface area contributed by atoms with Gasteiger partial charge in [-0.1, -0.05) is 17.3 Å². The molecule has 0 fully saturated rings. The smallest absolute Gasteiger partial charge is 0.329 e. The van der Waals surface area contributed by atoms with Crippen LogP contribution in [0.15, 0.2) is 28.8 Å². The SMILES string of the molecule is FC(F)(F)c1nc(-c2cccc(I)c2)no1. The maximum absolute atomic E-state index is 12.2. The van der Waals surface area contributed by atoms with Crippen LogP contribution < -0.4 is 0 Å². The van der Waals surface area contributed by atoms with E-state index >= 15 is 0 Å². The molecule has 0 radical (unpaired) electrons. The first-order valence-electron chi connectivity index (χ1n) is 4.13.